The molecule has 2 aliphatic carbocycles. The smallest absolute Gasteiger partial charge is 0.333 e. The zero-order chi connectivity index (χ0) is 20.5. The van der Waals surface area contributed by atoms with E-state index in [0.29, 0.717) is 12.0 Å². The third-order valence-electron chi connectivity index (χ3n) is 6.87. The Labute approximate surface area is 162 Å². The van der Waals surface area contributed by atoms with E-state index in [4.69, 9.17) is 9.47 Å². The van der Waals surface area contributed by atoms with E-state index in [1.807, 2.05) is 6.92 Å². The van der Waals surface area contributed by atoms with Gasteiger partial charge < -0.3 is 14.6 Å². The Kier molecular flexibility index (Phi) is 6.56. The van der Waals surface area contributed by atoms with Crippen molar-refractivity contribution in [3.63, 3.8) is 0 Å². The van der Waals surface area contributed by atoms with Crippen LogP contribution in [0.25, 0.3) is 0 Å². The summed E-state index contributed by atoms with van der Waals surface area (Å²) < 4.78 is 11.3. The van der Waals surface area contributed by atoms with Crippen molar-refractivity contribution in [3.05, 3.63) is 23.8 Å². The summed E-state index contributed by atoms with van der Waals surface area (Å²) in [5.41, 5.74) is 1.29. The highest BCUT2D eigenvalue weighted by molar-refractivity contribution is 5.87. The molecule has 1 N–H and O–H groups in total. The molecule has 0 unspecified atom stereocenters. The van der Waals surface area contributed by atoms with Gasteiger partial charge in [-0.3, -0.25) is 4.79 Å². The minimum absolute atomic E-state index is 0.0789. The fourth-order valence-electron chi connectivity index (χ4n) is 4.88. The average Bonchev–Trinajstić information content (AvgIpc) is 2.58. The van der Waals surface area contributed by atoms with Crippen molar-refractivity contribution in [2.45, 2.75) is 79.1 Å². The van der Waals surface area contributed by atoms with Crippen molar-refractivity contribution >= 4 is 11.9 Å². The summed E-state index contributed by atoms with van der Waals surface area (Å²) in [6.07, 6.45) is 2.20. The van der Waals surface area contributed by atoms with Gasteiger partial charge in [0.2, 0.25) is 0 Å². The van der Waals surface area contributed by atoms with Crippen LogP contribution >= 0.6 is 0 Å². The maximum absolute atomic E-state index is 12.5. The first kappa shape index (κ1) is 21.7. The molecular weight excluding hydrogens is 344 g/mol. The summed E-state index contributed by atoms with van der Waals surface area (Å²) in [5, 5.41) is 11.0. The van der Waals surface area contributed by atoms with Crippen LogP contribution in [0.5, 0.6) is 0 Å². The van der Waals surface area contributed by atoms with E-state index in [9.17, 15) is 14.7 Å². The lowest BCUT2D eigenvalue weighted by molar-refractivity contribution is -0.198. The molecule has 0 bridgehead atoms. The molecule has 0 saturated heterocycles. The second-order valence-electron chi connectivity index (χ2n) is 8.71. The van der Waals surface area contributed by atoms with Gasteiger partial charge in [-0.2, -0.15) is 0 Å². The topological polar surface area (TPSA) is 72.8 Å². The van der Waals surface area contributed by atoms with Gasteiger partial charge in [0.1, 0.15) is 12.2 Å². The van der Waals surface area contributed by atoms with E-state index in [-0.39, 0.29) is 35.2 Å². The highest BCUT2D eigenvalue weighted by atomic mass is 16.6. The average molecular weight is 379 g/mol. The van der Waals surface area contributed by atoms with Crippen molar-refractivity contribution < 1.29 is 24.2 Å². The monoisotopic (exact) mass is 378 g/mol. The minimum Gasteiger partial charge on any atom is -0.463 e. The summed E-state index contributed by atoms with van der Waals surface area (Å²) in [5.74, 6) is -0.648. The number of ether oxygens (including phenoxy) is 2. The molecule has 7 atom stereocenters. The van der Waals surface area contributed by atoms with Gasteiger partial charge in [-0.25, -0.2) is 4.79 Å². The van der Waals surface area contributed by atoms with Gasteiger partial charge in [-0.15, -0.1) is 0 Å². The van der Waals surface area contributed by atoms with Gasteiger partial charge in [0, 0.05) is 24.3 Å². The van der Waals surface area contributed by atoms with Crippen LogP contribution in [-0.4, -0.2) is 35.4 Å². The molecule has 0 aromatic rings. The molecule has 0 aromatic carbocycles. The predicted molar refractivity (Wildman–Crippen MR) is 104 cm³/mol. The molecule has 0 heterocycles. The van der Waals surface area contributed by atoms with E-state index in [1.54, 1.807) is 19.9 Å². The zero-order valence-corrected chi connectivity index (χ0v) is 17.5. The van der Waals surface area contributed by atoms with Crippen LogP contribution in [0.2, 0.25) is 0 Å². The summed E-state index contributed by atoms with van der Waals surface area (Å²) in [6, 6.07) is 0. The van der Waals surface area contributed by atoms with Crippen LogP contribution in [0, 0.1) is 23.2 Å². The number of esters is 2. The SMILES string of the molecule is C=C(C)[C@H]1C[C@]2(C)[C@@H](C)C[C@H](OC(C)=O)C[C@H]2[C@H](OC(=O)/C(C)=C\C)[C@@H]1O. The first-order valence-corrected chi connectivity index (χ1v) is 9.85. The molecule has 152 valence electrons. The normalized spacial score (nSPS) is 39.3. The standard InChI is InChI=1S/C22H34O5/c1-8-13(4)21(25)27-20-18-10-16(26-15(6)23)9-14(5)22(18,7)11-17(12(2)3)19(20)24/h8,14,16-20,24H,2,9-11H2,1,3-7H3/b13-8-/t14-,16-,17+,18-,19+,20-,22+/m0/s1. The van der Waals surface area contributed by atoms with E-state index in [2.05, 4.69) is 20.4 Å². The highest BCUT2D eigenvalue weighted by Gasteiger charge is 2.57. The fraction of sp³-hybridized carbons (Fsp3) is 0.727. The van der Waals surface area contributed by atoms with Gasteiger partial charge in [-0.1, -0.05) is 32.1 Å². The number of aliphatic hydroxyl groups is 1. The molecule has 0 spiro atoms. The summed E-state index contributed by atoms with van der Waals surface area (Å²) >= 11 is 0. The maximum Gasteiger partial charge on any atom is 0.333 e. The Morgan fingerprint density at radius 1 is 1.19 bits per heavy atom. The van der Waals surface area contributed by atoms with Crippen molar-refractivity contribution in [1.82, 2.24) is 0 Å². The minimum atomic E-state index is -0.808. The number of hydrogen-bond acceptors (Lipinski definition) is 5. The first-order chi connectivity index (χ1) is 12.5. The molecular formula is C22H34O5. The number of aliphatic hydroxyl groups excluding tert-OH is 1. The Morgan fingerprint density at radius 3 is 2.33 bits per heavy atom. The van der Waals surface area contributed by atoms with Crippen LogP contribution in [0.1, 0.15) is 60.8 Å². The van der Waals surface area contributed by atoms with Crippen molar-refractivity contribution in [2.75, 3.05) is 0 Å². The lowest BCUT2D eigenvalue weighted by atomic mass is 9.51. The largest absolute Gasteiger partial charge is 0.463 e. The lowest BCUT2D eigenvalue weighted by Gasteiger charge is -2.57. The van der Waals surface area contributed by atoms with E-state index >= 15 is 0 Å². The Bertz CT molecular complexity index is 637. The molecule has 27 heavy (non-hydrogen) atoms. The number of carbonyl (C=O) groups is 2. The molecule has 5 nitrogen and oxygen atoms in total. The van der Waals surface area contributed by atoms with Gasteiger partial charge in [0.25, 0.3) is 0 Å². The van der Waals surface area contributed by atoms with E-state index in [0.717, 1.165) is 18.4 Å². The fourth-order valence-corrected chi connectivity index (χ4v) is 4.88. The molecule has 2 rings (SSSR count). The van der Waals surface area contributed by atoms with Gasteiger partial charge in [0.15, 0.2) is 0 Å². The number of carbonyl (C=O) groups excluding carboxylic acids is 2. The molecule has 0 amide bonds. The van der Waals surface area contributed by atoms with Gasteiger partial charge >= 0.3 is 11.9 Å². The lowest BCUT2D eigenvalue weighted by Crippen LogP contribution is -2.59. The zero-order valence-electron chi connectivity index (χ0n) is 17.5. The van der Waals surface area contributed by atoms with Gasteiger partial charge in [0.05, 0.1) is 6.10 Å². The summed E-state index contributed by atoms with van der Waals surface area (Å²) in [7, 11) is 0. The summed E-state index contributed by atoms with van der Waals surface area (Å²) in [6.45, 7) is 15.3. The molecule has 2 saturated carbocycles. The Morgan fingerprint density at radius 2 is 1.81 bits per heavy atom. The third kappa shape index (κ3) is 4.29. The quantitative estimate of drug-likeness (QED) is 0.457. The van der Waals surface area contributed by atoms with E-state index in [1.165, 1.54) is 6.92 Å². The second-order valence-corrected chi connectivity index (χ2v) is 8.71. The van der Waals surface area contributed by atoms with Crippen LogP contribution < -0.4 is 0 Å². The highest BCUT2D eigenvalue weighted by Crippen LogP contribution is 2.57. The number of allylic oxidation sites excluding steroid dienone is 1. The van der Waals surface area contributed by atoms with Crippen LogP contribution in [0.4, 0.5) is 0 Å². The molecule has 2 fully saturated rings. The first-order valence-electron chi connectivity index (χ1n) is 9.85. The Hall–Kier alpha value is -1.62. The maximum atomic E-state index is 12.5. The molecule has 5 heteroatoms. The van der Waals surface area contributed by atoms with Crippen molar-refractivity contribution in [3.8, 4) is 0 Å². The number of hydrogen-bond donors (Lipinski definition) is 1. The predicted octanol–water partition coefficient (Wildman–Crippen LogP) is 3.81. The molecule has 0 aliphatic heterocycles. The summed E-state index contributed by atoms with van der Waals surface area (Å²) in [4.78, 5) is 24.0. The van der Waals surface area contributed by atoms with Crippen LogP contribution in [-0.2, 0) is 19.1 Å². The van der Waals surface area contributed by atoms with Crippen molar-refractivity contribution in [1.29, 1.82) is 0 Å². The molecule has 2 aliphatic rings. The van der Waals surface area contributed by atoms with Crippen molar-refractivity contribution in [2.24, 2.45) is 23.2 Å². The van der Waals surface area contributed by atoms with E-state index < -0.39 is 18.2 Å². The number of fused-ring (bicyclic) bond motifs is 1. The molecule has 0 radical (unpaired) electrons. The van der Waals surface area contributed by atoms with Crippen LogP contribution in [0.3, 0.4) is 0 Å². The third-order valence-corrected chi connectivity index (χ3v) is 6.87. The Balaban J connectivity index is 2.39. The van der Waals surface area contributed by atoms with Crippen LogP contribution in [0.15, 0.2) is 23.8 Å². The second kappa shape index (κ2) is 8.17. The molecule has 0 aromatic heterocycles. The van der Waals surface area contributed by atoms with Gasteiger partial charge in [-0.05, 0) is 51.4 Å². The number of rotatable bonds is 4.